The maximum atomic E-state index is 13.3. The second kappa shape index (κ2) is 10.4. The quantitative estimate of drug-likeness (QED) is 0.646. The molecule has 3 heterocycles. The second-order valence-electron chi connectivity index (χ2n) is 8.22. The molecule has 0 aliphatic carbocycles. The van der Waals surface area contributed by atoms with Crippen LogP contribution in [0.4, 0.5) is 0 Å². The molecule has 1 atom stereocenters. The lowest BCUT2D eigenvalue weighted by Crippen LogP contribution is -2.35. The Morgan fingerprint density at radius 1 is 1.06 bits per heavy atom. The molecule has 1 aliphatic rings. The Morgan fingerprint density at radius 2 is 1.88 bits per heavy atom. The molecule has 2 amide bonds. The number of nitrogens with zero attached hydrogens (tertiary/aromatic N) is 4. The van der Waals surface area contributed by atoms with Crippen molar-refractivity contribution < 1.29 is 9.59 Å². The lowest BCUT2D eigenvalue weighted by atomic mass is 10.0. The second-order valence-corrected chi connectivity index (χ2v) is 8.22. The van der Waals surface area contributed by atoms with E-state index in [1.807, 2.05) is 48.3 Å². The van der Waals surface area contributed by atoms with Crippen LogP contribution in [0.2, 0.25) is 0 Å². The zero-order valence-electron chi connectivity index (χ0n) is 18.5. The van der Waals surface area contributed by atoms with Gasteiger partial charge in [-0.05, 0) is 37.4 Å². The van der Waals surface area contributed by atoms with Crippen molar-refractivity contribution in [1.29, 1.82) is 0 Å². The average Bonchev–Trinajstić information content (AvgIpc) is 3.19. The van der Waals surface area contributed by atoms with Crippen molar-refractivity contribution in [3.05, 3.63) is 59.9 Å². The molecule has 0 radical (unpaired) electrons. The van der Waals surface area contributed by atoms with Crippen LogP contribution < -0.4 is 10.6 Å². The van der Waals surface area contributed by atoms with Crippen molar-refractivity contribution >= 4 is 22.8 Å². The Kier molecular flexibility index (Phi) is 7.11. The summed E-state index contributed by atoms with van der Waals surface area (Å²) in [6.45, 7) is 2.64. The smallest absolute Gasteiger partial charge is 0.255 e. The van der Waals surface area contributed by atoms with E-state index in [2.05, 4.69) is 20.7 Å². The summed E-state index contributed by atoms with van der Waals surface area (Å²) in [6.07, 6.45) is 6.21. The Morgan fingerprint density at radius 3 is 2.72 bits per heavy atom. The van der Waals surface area contributed by atoms with Crippen LogP contribution in [0.25, 0.3) is 11.0 Å². The number of aromatic nitrogens is 3. The van der Waals surface area contributed by atoms with Crippen LogP contribution in [-0.4, -0.2) is 57.7 Å². The van der Waals surface area contributed by atoms with E-state index in [-0.39, 0.29) is 17.9 Å². The zero-order chi connectivity index (χ0) is 22.3. The molecule has 2 aromatic heterocycles. The van der Waals surface area contributed by atoms with Crippen molar-refractivity contribution in [1.82, 2.24) is 30.3 Å². The zero-order valence-corrected chi connectivity index (χ0v) is 18.5. The van der Waals surface area contributed by atoms with Crippen molar-refractivity contribution in [2.24, 2.45) is 7.05 Å². The molecule has 1 aliphatic heterocycles. The summed E-state index contributed by atoms with van der Waals surface area (Å²) in [5.74, 6) is 0.0354. The number of hydrogen-bond acceptors (Lipinski definition) is 5. The van der Waals surface area contributed by atoms with E-state index >= 15 is 0 Å². The Bertz CT molecular complexity index is 1060. The van der Waals surface area contributed by atoms with E-state index in [0.717, 1.165) is 42.4 Å². The number of hydrogen-bond donors (Lipinski definition) is 2. The average molecular weight is 435 g/mol. The van der Waals surface area contributed by atoms with Gasteiger partial charge in [0.1, 0.15) is 5.52 Å². The molecule has 32 heavy (non-hydrogen) atoms. The monoisotopic (exact) mass is 434 g/mol. The first-order chi connectivity index (χ1) is 15.6. The maximum Gasteiger partial charge on any atom is 0.255 e. The molecule has 0 saturated carbocycles. The van der Waals surface area contributed by atoms with E-state index < -0.39 is 0 Å². The fourth-order valence-corrected chi connectivity index (χ4v) is 4.09. The first kappa shape index (κ1) is 22.0. The molecule has 1 unspecified atom stereocenters. The van der Waals surface area contributed by atoms with Crippen LogP contribution in [0.15, 0.2) is 48.8 Å². The van der Waals surface area contributed by atoms with Crippen LogP contribution in [0.3, 0.4) is 0 Å². The number of fused-ring (bicyclic) bond motifs is 1. The van der Waals surface area contributed by atoms with Gasteiger partial charge in [0, 0.05) is 45.3 Å². The Labute approximate surface area is 188 Å². The van der Waals surface area contributed by atoms with Gasteiger partial charge in [0.05, 0.1) is 17.3 Å². The summed E-state index contributed by atoms with van der Waals surface area (Å²) in [5.41, 5.74) is 3.30. The van der Waals surface area contributed by atoms with Crippen LogP contribution in [0.5, 0.6) is 0 Å². The molecule has 168 valence electrons. The van der Waals surface area contributed by atoms with Gasteiger partial charge >= 0.3 is 0 Å². The molecule has 2 N–H and O–H groups in total. The summed E-state index contributed by atoms with van der Waals surface area (Å²) in [7, 11) is 1.85. The first-order valence-corrected chi connectivity index (χ1v) is 11.2. The van der Waals surface area contributed by atoms with Crippen molar-refractivity contribution in [2.45, 2.75) is 31.7 Å². The predicted octanol–water partition coefficient (Wildman–Crippen LogP) is 2.43. The normalized spacial score (nSPS) is 19.0. The van der Waals surface area contributed by atoms with Gasteiger partial charge < -0.3 is 15.5 Å². The summed E-state index contributed by atoms with van der Waals surface area (Å²) in [5, 5.41) is 10.7. The third-order valence-corrected chi connectivity index (χ3v) is 5.90. The third-order valence-electron chi connectivity index (χ3n) is 5.90. The largest absolute Gasteiger partial charge is 0.356 e. The summed E-state index contributed by atoms with van der Waals surface area (Å²) >= 11 is 0. The minimum atomic E-state index is -0.0439. The van der Waals surface area contributed by atoms with E-state index in [1.165, 1.54) is 0 Å². The van der Waals surface area contributed by atoms with Crippen LogP contribution in [0.1, 0.15) is 47.6 Å². The molecule has 3 aromatic rings. The fourth-order valence-electron chi connectivity index (χ4n) is 4.09. The molecule has 0 spiro atoms. The number of carbonyl (C=O) groups excluding carboxylic acids is 2. The van der Waals surface area contributed by atoms with E-state index in [9.17, 15) is 9.59 Å². The predicted molar refractivity (Wildman–Crippen MR) is 123 cm³/mol. The number of benzene rings is 1. The van der Waals surface area contributed by atoms with Crippen molar-refractivity contribution in [3.63, 3.8) is 0 Å². The number of rotatable bonds is 2. The van der Waals surface area contributed by atoms with Crippen LogP contribution in [0, 0.1) is 0 Å². The van der Waals surface area contributed by atoms with Crippen molar-refractivity contribution in [2.75, 3.05) is 26.2 Å². The number of nitrogens with one attached hydrogen (secondary N) is 2. The molecule has 1 saturated heterocycles. The van der Waals surface area contributed by atoms with Gasteiger partial charge in [0.2, 0.25) is 5.91 Å². The minimum Gasteiger partial charge on any atom is -0.356 e. The highest BCUT2D eigenvalue weighted by atomic mass is 16.2. The van der Waals surface area contributed by atoms with Gasteiger partial charge in [-0.3, -0.25) is 19.3 Å². The van der Waals surface area contributed by atoms with Gasteiger partial charge in [0.15, 0.2) is 0 Å². The number of amides is 2. The van der Waals surface area contributed by atoms with Crippen LogP contribution >= 0.6 is 0 Å². The van der Waals surface area contributed by atoms with Gasteiger partial charge in [-0.15, -0.1) is 0 Å². The number of pyridine rings is 1. The summed E-state index contributed by atoms with van der Waals surface area (Å²) < 4.78 is 1.73. The number of aryl methyl sites for hydroxylation is 1. The lowest BCUT2D eigenvalue weighted by Gasteiger charge is -2.23. The molecule has 4 rings (SSSR count). The van der Waals surface area contributed by atoms with Gasteiger partial charge in [-0.1, -0.05) is 30.3 Å². The van der Waals surface area contributed by atoms with Gasteiger partial charge in [-0.2, -0.15) is 5.10 Å². The highest BCUT2D eigenvalue weighted by molar-refractivity contribution is 5.96. The maximum absolute atomic E-state index is 13.3. The highest BCUT2D eigenvalue weighted by Gasteiger charge is 2.19. The standard InChI is InChI=1S/C24H30N6O2/c1-29-22-14-19(16-27-21(22)17-28-29)24(32)30-12-6-5-10-26-23(31)15-20(25-11-7-13-30)18-8-3-2-4-9-18/h2-4,8-9,14,16-17,20,25H,5-7,10-13,15H2,1H3,(H,26,31). The molecule has 0 bridgehead atoms. The third kappa shape index (κ3) is 5.31. The lowest BCUT2D eigenvalue weighted by molar-refractivity contribution is -0.121. The number of carbonyl (C=O) groups is 2. The fraction of sp³-hybridized carbons (Fsp3) is 0.417. The van der Waals surface area contributed by atoms with Gasteiger partial charge in [0.25, 0.3) is 5.91 Å². The first-order valence-electron chi connectivity index (χ1n) is 11.2. The molecule has 8 heteroatoms. The molecular weight excluding hydrogens is 404 g/mol. The molecular formula is C24H30N6O2. The van der Waals surface area contributed by atoms with Gasteiger partial charge in [-0.25, -0.2) is 0 Å². The van der Waals surface area contributed by atoms with E-state index in [1.54, 1.807) is 17.1 Å². The molecule has 1 fully saturated rings. The Hall–Kier alpha value is -3.26. The highest BCUT2D eigenvalue weighted by Crippen LogP contribution is 2.18. The van der Waals surface area contributed by atoms with Crippen LogP contribution in [-0.2, 0) is 11.8 Å². The Balaban J connectivity index is 1.46. The SMILES string of the molecule is Cn1ncc2ncc(C(=O)N3CCCCNC(=O)CC(c4ccccc4)NCCC3)cc21. The summed E-state index contributed by atoms with van der Waals surface area (Å²) in [6, 6.07) is 11.9. The van der Waals surface area contributed by atoms with E-state index in [4.69, 9.17) is 0 Å². The topological polar surface area (TPSA) is 92.2 Å². The molecule has 1 aromatic carbocycles. The molecule has 8 nitrogen and oxygen atoms in total. The summed E-state index contributed by atoms with van der Waals surface area (Å²) in [4.78, 5) is 32.0. The van der Waals surface area contributed by atoms with Crippen molar-refractivity contribution in [3.8, 4) is 0 Å². The van der Waals surface area contributed by atoms with E-state index in [0.29, 0.717) is 31.6 Å². The minimum absolute atomic E-state index is 0.0147.